The maximum Gasteiger partial charge on any atom is 0.138 e. The molecular weight excluding hydrogens is 793 g/mol. The molecule has 0 spiro atoms. The number of hydrogen-bond acceptors (Lipinski definition) is 3. The largest absolute Gasteiger partial charge is 0.457 e. The van der Waals surface area contributed by atoms with Crippen molar-refractivity contribution in [3.63, 3.8) is 0 Å². The van der Waals surface area contributed by atoms with E-state index in [4.69, 9.17) is 14.8 Å². The average molecular weight is 847 g/mol. The highest BCUT2D eigenvalue weighted by Gasteiger charge is 2.21. The fourth-order valence-corrected chi connectivity index (χ4v) is 9.13. The van der Waals surface area contributed by atoms with Crippen molar-refractivity contribution >= 4 is 21.8 Å². The Hall–Kier alpha value is -7.50. The van der Waals surface area contributed by atoms with Gasteiger partial charge in [-0.15, -0.1) is 0 Å². The van der Waals surface area contributed by atoms with Crippen LogP contribution in [0.1, 0.15) is 63.8 Å². The number of ether oxygens (including phenoxy) is 1. The SMILES string of the molecule is Cc1cccc(C)c1-c1cccc(-c2ccnc(-n3c4ccccc4c4ccc(Oc5cccc(-n6nc(-c7cccc(C(C)(C)C)c7)cc6-c6cccc(C(C)(C)C)c6)c5)cc43)c2)c1. The van der Waals surface area contributed by atoms with Crippen molar-refractivity contribution in [3.8, 4) is 67.8 Å². The van der Waals surface area contributed by atoms with Gasteiger partial charge in [0.05, 0.1) is 28.1 Å². The minimum Gasteiger partial charge on any atom is -0.457 e. The summed E-state index contributed by atoms with van der Waals surface area (Å²) in [6.45, 7) is 17.9. The molecule has 10 rings (SSSR count). The second kappa shape index (κ2) is 16.2. The van der Waals surface area contributed by atoms with Crippen molar-refractivity contribution in [3.05, 3.63) is 204 Å². The van der Waals surface area contributed by atoms with Gasteiger partial charge in [-0.05, 0) is 136 Å². The van der Waals surface area contributed by atoms with E-state index in [-0.39, 0.29) is 10.8 Å². The predicted molar refractivity (Wildman–Crippen MR) is 271 cm³/mol. The Balaban J connectivity index is 1.04. The van der Waals surface area contributed by atoms with E-state index in [1.807, 2.05) is 18.3 Å². The fraction of sp³-hybridized carbons (Fsp3) is 0.167. The molecule has 0 aliphatic heterocycles. The van der Waals surface area contributed by atoms with E-state index in [0.29, 0.717) is 0 Å². The van der Waals surface area contributed by atoms with Crippen LogP contribution < -0.4 is 4.74 Å². The minimum absolute atomic E-state index is 0.00280. The van der Waals surface area contributed by atoms with Crippen molar-refractivity contribution in [2.24, 2.45) is 0 Å². The Morgan fingerprint density at radius 2 is 1.08 bits per heavy atom. The third-order valence-corrected chi connectivity index (χ3v) is 12.6. The van der Waals surface area contributed by atoms with Gasteiger partial charge in [0.15, 0.2) is 0 Å². The monoisotopic (exact) mass is 846 g/mol. The van der Waals surface area contributed by atoms with Crippen LogP contribution in [0, 0.1) is 13.8 Å². The number of aryl methyl sites for hydroxylation is 2. The van der Waals surface area contributed by atoms with E-state index in [1.165, 1.54) is 33.4 Å². The van der Waals surface area contributed by atoms with Gasteiger partial charge in [-0.25, -0.2) is 9.67 Å². The van der Waals surface area contributed by atoms with Gasteiger partial charge in [0.1, 0.15) is 17.3 Å². The Kier molecular flexibility index (Phi) is 10.4. The molecule has 0 radical (unpaired) electrons. The molecule has 0 N–H and O–H groups in total. The van der Waals surface area contributed by atoms with Gasteiger partial charge in [-0.1, -0.05) is 139 Å². The summed E-state index contributed by atoms with van der Waals surface area (Å²) in [6.07, 6.45) is 1.92. The van der Waals surface area contributed by atoms with Crippen molar-refractivity contribution in [2.45, 2.75) is 66.2 Å². The summed E-state index contributed by atoms with van der Waals surface area (Å²) in [6, 6.07) is 62.6. The average Bonchev–Trinajstić information content (AvgIpc) is 3.89. The van der Waals surface area contributed by atoms with Gasteiger partial charge in [0, 0.05) is 40.2 Å². The van der Waals surface area contributed by atoms with E-state index >= 15 is 0 Å². The first kappa shape index (κ1) is 41.5. The standard InChI is InChI=1S/C60H54N4O/c1-39-16-11-17-40(2)58(39)45-21-12-18-41(32-45)42-30-31-61-57(35-42)63-54-27-10-9-26-51(54)52-29-28-50(37-56(52)63)65-49-25-15-24-48(36-49)64-55(44-20-14-23-47(34-44)60(6,7)8)38-53(62-64)43-19-13-22-46(33-43)59(3,4)5/h9-38H,1-8H3. The van der Waals surface area contributed by atoms with E-state index in [2.05, 4.69) is 228 Å². The molecule has 10 aromatic rings. The van der Waals surface area contributed by atoms with Gasteiger partial charge in [0.25, 0.3) is 0 Å². The molecule has 0 saturated heterocycles. The summed E-state index contributed by atoms with van der Waals surface area (Å²) < 4.78 is 11.1. The van der Waals surface area contributed by atoms with Crippen molar-refractivity contribution in [1.29, 1.82) is 0 Å². The zero-order valence-corrected chi connectivity index (χ0v) is 38.5. The van der Waals surface area contributed by atoms with Gasteiger partial charge >= 0.3 is 0 Å². The second-order valence-electron chi connectivity index (χ2n) is 19.4. The van der Waals surface area contributed by atoms with Gasteiger partial charge in [-0.2, -0.15) is 5.10 Å². The van der Waals surface area contributed by atoms with E-state index in [9.17, 15) is 0 Å². The zero-order valence-electron chi connectivity index (χ0n) is 38.5. The number of fused-ring (bicyclic) bond motifs is 3. The number of hydrogen-bond donors (Lipinski definition) is 0. The third-order valence-electron chi connectivity index (χ3n) is 12.6. The number of nitrogens with zero attached hydrogens (tertiary/aromatic N) is 4. The van der Waals surface area contributed by atoms with Crippen LogP contribution in [0.3, 0.4) is 0 Å². The molecule has 5 heteroatoms. The molecule has 0 aliphatic carbocycles. The highest BCUT2D eigenvalue weighted by Crippen LogP contribution is 2.39. The lowest BCUT2D eigenvalue weighted by Gasteiger charge is -2.20. The van der Waals surface area contributed by atoms with Gasteiger partial charge < -0.3 is 4.74 Å². The Morgan fingerprint density at radius 3 is 1.85 bits per heavy atom. The number of para-hydroxylation sites is 1. The van der Waals surface area contributed by atoms with Crippen LogP contribution in [-0.4, -0.2) is 19.3 Å². The lowest BCUT2D eigenvalue weighted by atomic mass is 9.85. The Labute approximate surface area is 382 Å². The smallest absolute Gasteiger partial charge is 0.138 e. The number of aromatic nitrogens is 4. The lowest BCUT2D eigenvalue weighted by Crippen LogP contribution is -2.11. The minimum atomic E-state index is -0.00280. The highest BCUT2D eigenvalue weighted by atomic mass is 16.5. The van der Waals surface area contributed by atoms with Crippen LogP contribution in [0.2, 0.25) is 0 Å². The first-order chi connectivity index (χ1) is 31.3. The van der Waals surface area contributed by atoms with Crippen LogP contribution >= 0.6 is 0 Å². The summed E-state index contributed by atoms with van der Waals surface area (Å²) in [5.41, 5.74) is 17.0. The van der Waals surface area contributed by atoms with E-state index < -0.39 is 0 Å². The maximum atomic E-state index is 6.78. The number of benzene rings is 7. The Bertz CT molecular complexity index is 3390. The van der Waals surface area contributed by atoms with Crippen LogP contribution in [0.5, 0.6) is 11.5 Å². The molecule has 3 heterocycles. The first-order valence-corrected chi connectivity index (χ1v) is 22.6. The van der Waals surface area contributed by atoms with Crippen LogP contribution in [0.25, 0.3) is 78.1 Å². The summed E-state index contributed by atoms with van der Waals surface area (Å²) in [4.78, 5) is 4.98. The molecule has 3 aromatic heterocycles. The normalized spacial score (nSPS) is 12.0. The second-order valence-corrected chi connectivity index (χ2v) is 19.4. The molecule has 0 saturated carbocycles. The predicted octanol–water partition coefficient (Wildman–Crippen LogP) is 16.0. The maximum absolute atomic E-state index is 6.78. The van der Waals surface area contributed by atoms with Crippen LogP contribution in [0.15, 0.2) is 182 Å². The fourth-order valence-electron chi connectivity index (χ4n) is 9.13. The molecule has 7 aromatic carbocycles. The van der Waals surface area contributed by atoms with Crippen LogP contribution in [-0.2, 0) is 10.8 Å². The molecule has 320 valence electrons. The number of rotatable bonds is 8. The summed E-state index contributed by atoms with van der Waals surface area (Å²) >= 11 is 0. The molecule has 65 heavy (non-hydrogen) atoms. The quantitative estimate of drug-likeness (QED) is 0.153. The first-order valence-electron chi connectivity index (χ1n) is 22.6. The molecule has 0 unspecified atom stereocenters. The highest BCUT2D eigenvalue weighted by molar-refractivity contribution is 6.09. The van der Waals surface area contributed by atoms with E-state index in [1.54, 1.807) is 0 Å². The third kappa shape index (κ3) is 8.04. The molecular formula is C60H54N4O. The Morgan fingerprint density at radius 1 is 0.462 bits per heavy atom. The molecule has 0 fully saturated rings. The molecule has 0 amide bonds. The molecule has 0 atom stereocenters. The molecule has 5 nitrogen and oxygen atoms in total. The van der Waals surface area contributed by atoms with Crippen LogP contribution in [0.4, 0.5) is 0 Å². The van der Waals surface area contributed by atoms with Crippen molar-refractivity contribution in [2.75, 3.05) is 0 Å². The van der Waals surface area contributed by atoms with Gasteiger partial charge in [-0.3, -0.25) is 4.57 Å². The van der Waals surface area contributed by atoms with Gasteiger partial charge in [0.2, 0.25) is 0 Å². The zero-order chi connectivity index (χ0) is 45.0. The summed E-state index contributed by atoms with van der Waals surface area (Å²) in [5, 5.41) is 7.60. The number of pyridine rings is 1. The summed E-state index contributed by atoms with van der Waals surface area (Å²) in [5.74, 6) is 2.29. The van der Waals surface area contributed by atoms with Crippen molar-refractivity contribution < 1.29 is 4.74 Å². The molecule has 0 bridgehead atoms. The van der Waals surface area contributed by atoms with Crippen molar-refractivity contribution in [1.82, 2.24) is 19.3 Å². The lowest BCUT2D eigenvalue weighted by molar-refractivity contribution is 0.483. The summed E-state index contributed by atoms with van der Waals surface area (Å²) in [7, 11) is 0. The topological polar surface area (TPSA) is 44.9 Å². The molecule has 0 aliphatic rings. The van der Waals surface area contributed by atoms with E-state index in [0.717, 1.165) is 78.5 Å².